The summed E-state index contributed by atoms with van der Waals surface area (Å²) in [6, 6.07) is 9.33. The molecule has 11 heavy (non-hydrogen) atoms. The molecule has 2 heteroatoms. The molecule has 0 aliphatic rings. The van der Waals surface area contributed by atoms with Crippen LogP contribution in [0.3, 0.4) is 0 Å². The third kappa shape index (κ3) is 2.64. The maximum atomic E-state index is 5.47. The van der Waals surface area contributed by atoms with Crippen LogP contribution in [0, 0.1) is 6.07 Å². The Morgan fingerprint density at radius 2 is 2.09 bits per heavy atom. The van der Waals surface area contributed by atoms with Crippen LogP contribution in [-0.4, -0.2) is 5.33 Å². The molecule has 1 aromatic carbocycles. The number of nitrogens with two attached hydrogens (primary N) is 1. The van der Waals surface area contributed by atoms with Crippen LogP contribution in [-0.2, 0) is 13.0 Å². The van der Waals surface area contributed by atoms with Gasteiger partial charge in [-0.3, -0.25) is 0 Å². The number of benzene rings is 1. The Bertz CT molecular complexity index is 223. The minimum absolute atomic E-state index is 0.579. The lowest BCUT2D eigenvalue weighted by Gasteiger charge is -1.99. The zero-order chi connectivity index (χ0) is 8.10. The van der Waals surface area contributed by atoms with Gasteiger partial charge in [-0.05, 0) is 23.6 Å². The summed E-state index contributed by atoms with van der Waals surface area (Å²) in [5.74, 6) is 0. The van der Waals surface area contributed by atoms with Gasteiger partial charge in [0.15, 0.2) is 0 Å². The lowest BCUT2D eigenvalue weighted by Crippen LogP contribution is -1.97. The normalized spacial score (nSPS) is 10.0. The van der Waals surface area contributed by atoms with Gasteiger partial charge in [-0.25, -0.2) is 0 Å². The van der Waals surface area contributed by atoms with Crippen LogP contribution in [0.4, 0.5) is 0 Å². The lowest BCUT2D eigenvalue weighted by molar-refractivity contribution is 1.05. The van der Waals surface area contributed by atoms with Gasteiger partial charge in [0.05, 0.1) is 0 Å². The van der Waals surface area contributed by atoms with E-state index in [9.17, 15) is 0 Å². The molecule has 1 rings (SSSR count). The van der Waals surface area contributed by atoms with E-state index < -0.39 is 0 Å². The van der Waals surface area contributed by atoms with Gasteiger partial charge >= 0.3 is 0 Å². The molecule has 0 fully saturated rings. The van der Waals surface area contributed by atoms with Gasteiger partial charge in [-0.2, -0.15) is 0 Å². The van der Waals surface area contributed by atoms with Crippen molar-refractivity contribution in [1.82, 2.24) is 0 Å². The standard InChI is InChI=1S/C9H11BrN/c10-5-4-8-2-1-3-9(6-8)7-11/h1-3H,4-5,7,11H2. The molecule has 1 aromatic rings. The molecule has 0 unspecified atom stereocenters. The molecule has 0 spiro atoms. The number of hydrogen-bond donors (Lipinski definition) is 1. The average Bonchev–Trinajstić information content (AvgIpc) is 2.06. The maximum absolute atomic E-state index is 5.47. The number of halogens is 1. The number of aryl methyl sites for hydroxylation is 1. The Balaban J connectivity index is 2.74. The van der Waals surface area contributed by atoms with Crippen molar-refractivity contribution in [1.29, 1.82) is 0 Å². The van der Waals surface area contributed by atoms with E-state index in [4.69, 9.17) is 5.73 Å². The fraction of sp³-hybridized carbons (Fsp3) is 0.333. The second-order valence-corrected chi connectivity index (χ2v) is 3.14. The molecule has 0 aliphatic carbocycles. The minimum atomic E-state index is 0.579. The van der Waals surface area contributed by atoms with E-state index in [1.54, 1.807) is 0 Å². The van der Waals surface area contributed by atoms with E-state index in [-0.39, 0.29) is 0 Å². The highest BCUT2D eigenvalue weighted by Gasteiger charge is 1.93. The van der Waals surface area contributed by atoms with Crippen molar-refractivity contribution in [3.8, 4) is 0 Å². The third-order valence-corrected chi connectivity index (χ3v) is 1.90. The summed E-state index contributed by atoms with van der Waals surface area (Å²) in [6.45, 7) is 0.579. The van der Waals surface area contributed by atoms with Crippen LogP contribution in [0.25, 0.3) is 0 Å². The highest BCUT2D eigenvalue weighted by Crippen LogP contribution is 2.05. The van der Waals surface area contributed by atoms with Gasteiger partial charge in [-0.1, -0.05) is 34.1 Å². The molecule has 59 valence electrons. The van der Waals surface area contributed by atoms with E-state index in [1.165, 1.54) is 5.56 Å². The Morgan fingerprint density at radius 3 is 2.73 bits per heavy atom. The summed E-state index contributed by atoms with van der Waals surface area (Å²) >= 11 is 3.38. The summed E-state index contributed by atoms with van der Waals surface area (Å²) in [4.78, 5) is 0. The van der Waals surface area contributed by atoms with Crippen molar-refractivity contribution in [2.75, 3.05) is 5.33 Å². The fourth-order valence-corrected chi connectivity index (χ4v) is 1.36. The molecule has 1 nitrogen and oxygen atoms in total. The molecule has 0 saturated heterocycles. The first-order chi connectivity index (χ1) is 5.36. The SMILES string of the molecule is NCc1[c]c(CCBr)ccc1. The zero-order valence-corrected chi connectivity index (χ0v) is 7.89. The van der Waals surface area contributed by atoms with Crippen molar-refractivity contribution >= 4 is 15.9 Å². The molecule has 0 atom stereocenters. The van der Waals surface area contributed by atoms with Crippen molar-refractivity contribution in [3.63, 3.8) is 0 Å². The smallest absolute Gasteiger partial charge is 0.0184 e. The van der Waals surface area contributed by atoms with Crippen molar-refractivity contribution in [2.24, 2.45) is 5.73 Å². The van der Waals surface area contributed by atoms with Crippen molar-refractivity contribution < 1.29 is 0 Å². The van der Waals surface area contributed by atoms with Crippen LogP contribution in [0.2, 0.25) is 0 Å². The summed E-state index contributed by atoms with van der Waals surface area (Å²) in [5, 5.41) is 0.984. The molecule has 1 radical (unpaired) electrons. The van der Waals surface area contributed by atoms with Crippen LogP contribution in [0.5, 0.6) is 0 Å². The zero-order valence-electron chi connectivity index (χ0n) is 6.31. The van der Waals surface area contributed by atoms with Gasteiger partial charge in [0.1, 0.15) is 0 Å². The first-order valence-corrected chi connectivity index (χ1v) is 4.75. The quantitative estimate of drug-likeness (QED) is 0.762. The first kappa shape index (κ1) is 8.75. The van der Waals surface area contributed by atoms with Crippen LogP contribution in [0.1, 0.15) is 11.1 Å². The minimum Gasteiger partial charge on any atom is -0.326 e. The molecule has 0 bridgehead atoms. The van der Waals surface area contributed by atoms with Crippen LogP contribution >= 0.6 is 15.9 Å². The summed E-state index contributed by atoms with van der Waals surface area (Å²) in [7, 11) is 0. The molecule has 0 aliphatic heterocycles. The Labute approximate surface area is 75.7 Å². The highest BCUT2D eigenvalue weighted by atomic mass is 79.9. The second-order valence-electron chi connectivity index (χ2n) is 2.34. The molecule has 2 N–H and O–H groups in total. The van der Waals surface area contributed by atoms with Gasteiger partial charge < -0.3 is 5.73 Å². The highest BCUT2D eigenvalue weighted by molar-refractivity contribution is 9.09. The van der Waals surface area contributed by atoms with E-state index in [0.717, 1.165) is 17.3 Å². The van der Waals surface area contributed by atoms with E-state index >= 15 is 0 Å². The van der Waals surface area contributed by atoms with Crippen LogP contribution in [0.15, 0.2) is 18.2 Å². The van der Waals surface area contributed by atoms with Gasteiger partial charge in [0.25, 0.3) is 0 Å². The summed E-state index contributed by atoms with van der Waals surface area (Å²) < 4.78 is 0. The Hall–Kier alpha value is -0.340. The first-order valence-electron chi connectivity index (χ1n) is 3.63. The van der Waals surface area contributed by atoms with Gasteiger partial charge in [-0.15, -0.1) is 0 Å². The Kier molecular flexibility index (Phi) is 3.60. The molecule has 0 amide bonds. The predicted octanol–water partition coefficient (Wildman–Crippen LogP) is 1.88. The van der Waals surface area contributed by atoms with Crippen molar-refractivity contribution in [3.05, 3.63) is 35.4 Å². The summed E-state index contributed by atoms with van der Waals surface area (Å²) in [5.41, 5.74) is 7.79. The topological polar surface area (TPSA) is 26.0 Å². The third-order valence-electron chi connectivity index (χ3n) is 1.50. The fourth-order valence-electron chi connectivity index (χ4n) is 0.937. The Morgan fingerprint density at radius 1 is 1.36 bits per heavy atom. The van der Waals surface area contributed by atoms with E-state index in [1.807, 2.05) is 12.1 Å². The van der Waals surface area contributed by atoms with E-state index in [2.05, 4.69) is 28.1 Å². The second kappa shape index (κ2) is 4.52. The average molecular weight is 213 g/mol. The van der Waals surface area contributed by atoms with Gasteiger partial charge in [0, 0.05) is 11.9 Å². The van der Waals surface area contributed by atoms with Crippen LogP contribution < -0.4 is 5.73 Å². The number of alkyl halides is 1. The monoisotopic (exact) mass is 212 g/mol. The van der Waals surface area contributed by atoms with E-state index in [0.29, 0.717) is 6.54 Å². The molecule has 0 saturated carbocycles. The predicted molar refractivity (Wildman–Crippen MR) is 50.7 cm³/mol. The lowest BCUT2D eigenvalue weighted by atomic mass is 10.1. The van der Waals surface area contributed by atoms with Crippen molar-refractivity contribution in [2.45, 2.75) is 13.0 Å². The molecular weight excluding hydrogens is 202 g/mol. The molecule has 0 aromatic heterocycles. The van der Waals surface area contributed by atoms with Gasteiger partial charge in [0.2, 0.25) is 0 Å². The summed E-state index contributed by atoms with van der Waals surface area (Å²) in [6.07, 6.45) is 1.02. The number of hydrogen-bond acceptors (Lipinski definition) is 1. The number of rotatable bonds is 3. The molecular formula is C9H11BrN. The maximum Gasteiger partial charge on any atom is 0.0184 e. The largest absolute Gasteiger partial charge is 0.326 e. The molecule has 0 heterocycles.